The van der Waals surface area contributed by atoms with Crippen molar-refractivity contribution in [2.24, 2.45) is 0 Å². The molecule has 0 amide bonds. The van der Waals surface area contributed by atoms with Crippen molar-refractivity contribution in [2.75, 3.05) is 21.3 Å². The zero-order valence-corrected chi connectivity index (χ0v) is 18.8. The molecule has 0 saturated heterocycles. The molecule has 2 heterocycles. The molecule has 1 aliphatic carbocycles. The van der Waals surface area contributed by atoms with Crippen LogP contribution in [0.4, 0.5) is 0 Å². The second kappa shape index (κ2) is 7.57. The summed E-state index contributed by atoms with van der Waals surface area (Å²) >= 11 is 6.58. The van der Waals surface area contributed by atoms with Crippen LogP contribution in [0.2, 0.25) is 5.02 Å². The van der Waals surface area contributed by atoms with Gasteiger partial charge in [-0.2, -0.15) is 0 Å². The van der Waals surface area contributed by atoms with Crippen LogP contribution in [0.5, 0.6) is 23.0 Å². The third-order valence-corrected chi connectivity index (χ3v) is 7.08. The highest BCUT2D eigenvalue weighted by Crippen LogP contribution is 2.69. The van der Waals surface area contributed by atoms with E-state index in [0.717, 1.165) is 17.0 Å². The molecule has 0 spiro atoms. The van der Waals surface area contributed by atoms with Crippen molar-refractivity contribution in [3.8, 4) is 23.0 Å². The monoisotopic (exact) mass is 453 g/mol. The van der Waals surface area contributed by atoms with Gasteiger partial charge in [0.1, 0.15) is 27.9 Å². The topological polar surface area (TPSA) is 70.0 Å². The summed E-state index contributed by atoms with van der Waals surface area (Å²) in [6, 6.07) is 15.1. The van der Waals surface area contributed by atoms with E-state index in [-0.39, 0.29) is 5.92 Å². The van der Waals surface area contributed by atoms with Crippen LogP contribution in [-0.4, -0.2) is 31.4 Å². The third kappa shape index (κ3) is 2.66. The Bertz CT molecular complexity index is 1150. The minimum Gasteiger partial charge on any atom is -0.497 e. The number of nitrogens with zero attached hydrogens (tertiary/aromatic N) is 1. The first-order valence-corrected chi connectivity index (χ1v) is 10.8. The summed E-state index contributed by atoms with van der Waals surface area (Å²) in [5, 5.41) is 12.7. The molecular formula is C25H24ClNO5. The number of aromatic nitrogens is 1. The standard InChI is InChI=1S/C25H24ClNO5/c1-29-16-9-7-15(8-10-16)25-17(18-6-4-5-13-27-18)11-12-24(25,28)21-19(32-25)14-20(30-2)22(26)23(21)31-3/h4-10,13-14,17,28H,11-12H2,1-3H3. The summed E-state index contributed by atoms with van der Waals surface area (Å²) in [7, 11) is 4.69. The largest absolute Gasteiger partial charge is 0.497 e. The first kappa shape index (κ1) is 20.9. The zero-order chi connectivity index (χ0) is 22.5. The number of hydrogen-bond donors (Lipinski definition) is 1. The molecule has 7 heteroatoms. The summed E-state index contributed by atoms with van der Waals surface area (Å²) < 4.78 is 23.2. The van der Waals surface area contributed by atoms with Gasteiger partial charge in [0.2, 0.25) is 0 Å². The number of fused-ring (bicyclic) bond motifs is 3. The Labute approximate surface area is 191 Å². The highest BCUT2D eigenvalue weighted by Gasteiger charge is 2.70. The number of aliphatic hydroxyl groups is 1. The van der Waals surface area contributed by atoms with E-state index >= 15 is 0 Å². The van der Waals surface area contributed by atoms with E-state index in [1.807, 2.05) is 42.5 Å². The van der Waals surface area contributed by atoms with Crippen molar-refractivity contribution >= 4 is 11.6 Å². The molecule has 32 heavy (non-hydrogen) atoms. The van der Waals surface area contributed by atoms with Crippen molar-refractivity contribution in [1.82, 2.24) is 4.98 Å². The number of rotatable bonds is 5. The van der Waals surface area contributed by atoms with Gasteiger partial charge in [0, 0.05) is 23.9 Å². The number of benzene rings is 2. The molecule has 2 aliphatic rings. The number of pyridine rings is 1. The Morgan fingerprint density at radius 3 is 2.47 bits per heavy atom. The lowest BCUT2D eigenvalue weighted by Gasteiger charge is -2.40. The lowest BCUT2D eigenvalue weighted by atomic mass is 9.72. The van der Waals surface area contributed by atoms with E-state index in [1.54, 1.807) is 19.4 Å². The molecule has 6 nitrogen and oxygen atoms in total. The molecule has 1 N–H and O–H groups in total. The van der Waals surface area contributed by atoms with Crippen LogP contribution in [0, 0.1) is 0 Å². The van der Waals surface area contributed by atoms with E-state index in [9.17, 15) is 5.11 Å². The van der Waals surface area contributed by atoms with Gasteiger partial charge in [0.25, 0.3) is 0 Å². The zero-order valence-electron chi connectivity index (χ0n) is 18.1. The molecule has 3 aromatic rings. The van der Waals surface area contributed by atoms with E-state index in [0.29, 0.717) is 40.7 Å². The van der Waals surface area contributed by atoms with E-state index in [4.69, 9.17) is 30.5 Å². The molecule has 1 aliphatic heterocycles. The predicted molar refractivity (Wildman–Crippen MR) is 120 cm³/mol. The minimum atomic E-state index is -1.39. The van der Waals surface area contributed by atoms with Crippen LogP contribution >= 0.6 is 11.6 Å². The third-order valence-electron chi connectivity index (χ3n) is 6.72. The predicted octanol–water partition coefficient (Wildman–Crippen LogP) is 4.81. The molecule has 0 bridgehead atoms. The van der Waals surface area contributed by atoms with E-state index < -0.39 is 11.2 Å². The highest BCUT2D eigenvalue weighted by molar-refractivity contribution is 6.33. The number of ether oxygens (including phenoxy) is 4. The van der Waals surface area contributed by atoms with Crippen molar-refractivity contribution in [1.29, 1.82) is 0 Å². The molecule has 1 aromatic heterocycles. The fourth-order valence-electron chi connectivity index (χ4n) is 5.35. The van der Waals surface area contributed by atoms with Crippen LogP contribution in [0.1, 0.15) is 35.6 Å². The van der Waals surface area contributed by atoms with Gasteiger partial charge in [-0.1, -0.05) is 29.8 Å². The van der Waals surface area contributed by atoms with Gasteiger partial charge in [-0.15, -0.1) is 0 Å². The molecule has 166 valence electrons. The smallest absolute Gasteiger partial charge is 0.175 e. The fraction of sp³-hybridized carbons (Fsp3) is 0.320. The highest BCUT2D eigenvalue weighted by atomic mass is 35.5. The molecule has 0 radical (unpaired) electrons. The Kier molecular flexibility index (Phi) is 4.95. The van der Waals surface area contributed by atoms with Gasteiger partial charge < -0.3 is 24.1 Å². The van der Waals surface area contributed by atoms with E-state index in [1.165, 1.54) is 14.2 Å². The van der Waals surface area contributed by atoms with Crippen LogP contribution < -0.4 is 18.9 Å². The van der Waals surface area contributed by atoms with Crippen molar-refractivity contribution in [2.45, 2.75) is 30.0 Å². The van der Waals surface area contributed by atoms with Crippen LogP contribution in [0.15, 0.2) is 54.7 Å². The Morgan fingerprint density at radius 1 is 1.06 bits per heavy atom. The summed E-state index contributed by atoms with van der Waals surface area (Å²) in [6.45, 7) is 0. The average Bonchev–Trinajstić information content (AvgIpc) is 3.26. The van der Waals surface area contributed by atoms with Crippen LogP contribution in [-0.2, 0) is 11.2 Å². The second-order valence-electron chi connectivity index (χ2n) is 8.07. The van der Waals surface area contributed by atoms with Crippen molar-refractivity contribution in [3.05, 3.63) is 76.6 Å². The van der Waals surface area contributed by atoms with Crippen molar-refractivity contribution < 1.29 is 24.1 Å². The lowest BCUT2D eigenvalue weighted by Crippen LogP contribution is -2.48. The summed E-state index contributed by atoms with van der Waals surface area (Å²) in [4.78, 5) is 4.62. The van der Waals surface area contributed by atoms with Gasteiger partial charge in [-0.05, 0) is 42.7 Å². The summed E-state index contributed by atoms with van der Waals surface area (Å²) in [5.74, 6) is 1.79. The molecule has 3 atom stereocenters. The Hall–Kier alpha value is -2.96. The fourth-order valence-corrected chi connectivity index (χ4v) is 5.65. The number of methoxy groups -OCH3 is 3. The molecule has 2 aromatic carbocycles. The van der Waals surface area contributed by atoms with Gasteiger partial charge in [0.05, 0.1) is 26.9 Å². The second-order valence-corrected chi connectivity index (χ2v) is 8.45. The molecular weight excluding hydrogens is 430 g/mol. The quantitative estimate of drug-likeness (QED) is 0.597. The maximum absolute atomic E-state index is 12.4. The lowest BCUT2D eigenvalue weighted by molar-refractivity contribution is -0.106. The van der Waals surface area contributed by atoms with Gasteiger partial charge in [0.15, 0.2) is 11.4 Å². The van der Waals surface area contributed by atoms with E-state index in [2.05, 4.69) is 4.98 Å². The maximum atomic E-state index is 12.4. The van der Waals surface area contributed by atoms with Gasteiger partial charge in [-0.3, -0.25) is 4.98 Å². The average molecular weight is 454 g/mol. The van der Waals surface area contributed by atoms with Crippen LogP contribution in [0.25, 0.3) is 0 Å². The SMILES string of the molecule is COc1ccc(C23Oc4cc(OC)c(Cl)c(OC)c4C2(O)CCC3c2ccccn2)cc1. The molecule has 1 saturated carbocycles. The Morgan fingerprint density at radius 2 is 1.84 bits per heavy atom. The normalized spacial score (nSPS) is 25.6. The summed E-state index contributed by atoms with van der Waals surface area (Å²) in [5.41, 5.74) is -0.300. The van der Waals surface area contributed by atoms with Crippen molar-refractivity contribution in [3.63, 3.8) is 0 Å². The van der Waals surface area contributed by atoms with Crippen LogP contribution in [0.3, 0.4) is 0 Å². The first-order chi connectivity index (χ1) is 15.5. The molecule has 1 fully saturated rings. The Balaban J connectivity index is 1.79. The molecule has 5 rings (SSSR count). The number of hydrogen-bond acceptors (Lipinski definition) is 6. The maximum Gasteiger partial charge on any atom is 0.175 e. The first-order valence-electron chi connectivity index (χ1n) is 10.4. The van der Waals surface area contributed by atoms with Gasteiger partial charge >= 0.3 is 0 Å². The molecule has 3 unspecified atom stereocenters. The van der Waals surface area contributed by atoms with Gasteiger partial charge in [-0.25, -0.2) is 0 Å². The summed E-state index contributed by atoms with van der Waals surface area (Å²) in [6.07, 6.45) is 2.88. The number of halogens is 1. The minimum absolute atomic E-state index is 0.205.